The lowest BCUT2D eigenvalue weighted by atomic mass is 10.1. The minimum absolute atomic E-state index is 0.0659. The molecule has 5 nitrogen and oxygen atoms in total. The monoisotopic (exact) mass is 439 g/mol. The summed E-state index contributed by atoms with van der Waals surface area (Å²) in [6.45, 7) is 0.478. The van der Waals surface area contributed by atoms with E-state index in [0.717, 1.165) is 33.5 Å². The molecule has 1 fully saturated rings. The smallest absolute Gasteiger partial charge is 0.271 e. The SMILES string of the molecule is COc1ccc(C/N=C2\S/C(=C\c3ccc4[nH]ccc4c3)C(=O)N2c2ccccc2)cc1. The number of anilines is 1. The van der Waals surface area contributed by atoms with Crippen molar-refractivity contribution >= 4 is 45.5 Å². The molecular weight excluding hydrogens is 418 g/mol. The number of aliphatic imine (C=N–C) groups is 1. The standard InChI is InChI=1S/C26H21N3O2S/c1-31-22-10-7-18(8-11-22)17-28-26-29(21-5-3-2-4-6-21)25(30)24(32-26)16-19-9-12-23-20(15-19)13-14-27-23/h2-16,27H,17H2,1H3/b24-16-,28-26-. The number of nitrogens with one attached hydrogen (secondary N) is 1. The van der Waals surface area contributed by atoms with Crippen molar-refractivity contribution in [2.24, 2.45) is 4.99 Å². The molecule has 1 aliphatic rings. The first-order valence-corrected chi connectivity index (χ1v) is 11.1. The molecule has 0 unspecified atom stereocenters. The summed E-state index contributed by atoms with van der Waals surface area (Å²) in [4.78, 5) is 23.7. The normalized spacial score (nSPS) is 16.4. The Morgan fingerprint density at radius 2 is 1.84 bits per heavy atom. The van der Waals surface area contributed by atoms with Gasteiger partial charge in [-0.1, -0.05) is 36.4 Å². The zero-order chi connectivity index (χ0) is 21.9. The Balaban J connectivity index is 1.48. The lowest BCUT2D eigenvalue weighted by molar-refractivity contribution is -0.113. The number of amidine groups is 1. The van der Waals surface area contributed by atoms with E-state index in [1.807, 2.05) is 85.1 Å². The van der Waals surface area contributed by atoms with Crippen LogP contribution in [0.15, 0.2) is 95.0 Å². The number of amides is 1. The molecule has 0 saturated carbocycles. The molecule has 6 heteroatoms. The van der Waals surface area contributed by atoms with Crippen LogP contribution in [-0.2, 0) is 11.3 Å². The summed E-state index contributed by atoms with van der Waals surface area (Å²) in [6, 6.07) is 25.6. The molecule has 1 aromatic heterocycles. The van der Waals surface area contributed by atoms with Gasteiger partial charge in [-0.2, -0.15) is 0 Å². The Bertz CT molecular complexity index is 1320. The second-order valence-corrected chi connectivity index (χ2v) is 8.37. The summed E-state index contributed by atoms with van der Waals surface area (Å²) in [7, 11) is 1.65. The van der Waals surface area contributed by atoms with Gasteiger partial charge in [-0.15, -0.1) is 0 Å². The van der Waals surface area contributed by atoms with Crippen molar-refractivity contribution in [1.29, 1.82) is 0 Å². The fourth-order valence-electron chi connectivity index (χ4n) is 3.59. The lowest BCUT2D eigenvalue weighted by Crippen LogP contribution is -2.28. The molecule has 0 radical (unpaired) electrons. The Kier molecular flexibility index (Phi) is 5.52. The lowest BCUT2D eigenvalue weighted by Gasteiger charge is -2.15. The van der Waals surface area contributed by atoms with Crippen molar-refractivity contribution in [3.05, 3.63) is 101 Å². The van der Waals surface area contributed by atoms with Crippen LogP contribution in [0, 0.1) is 0 Å². The van der Waals surface area contributed by atoms with E-state index in [9.17, 15) is 4.79 Å². The molecule has 32 heavy (non-hydrogen) atoms. The molecule has 4 aromatic rings. The number of hydrogen-bond donors (Lipinski definition) is 1. The summed E-state index contributed by atoms with van der Waals surface area (Å²) < 4.78 is 5.23. The van der Waals surface area contributed by atoms with Crippen LogP contribution in [0.2, 0.25) is 0 Å². The van der Waals surface area contributed by atoms with Gasteiger partial charge in [0.15, 0.2) is 5.17 Å². The Morgan fingerprint density at radius 3 is 2.62 bits per heavy atom. The van der Waals surface area contributed by atoms with Crippen molar-refractivity contribution in [2.45, 2.75) is 6.54 Å². The van der Waals surface area contributed by atoms with Crippen LogP contribution in [0.3, 0.4) is 0 Å². The molecule has 0 atom stereocenters. The predicted octanol–water partition coefficient (Wildman–Crippen LogP) is 5.85. The van der Waals surface area contributed by atoms with Gasteiger partial charge in [0, 0.05) is 11.7 Å². The molecule has 3 aromatic carbocycles. The molecule has 0 spiro atoms. The summed E-state index contributed by atoms with van der Waals surface area (Å²) in [6.07, 6.45) is 3.85. The molecule has 1 amide bonds. The number of rotatable bonds is 5. The van der Waals surface area contributed by atoms with Gasteiger partial charge in [0.2, 0.25) is 0 Å². The zero-order valence-corrected chi connectivity index (χ0v) is 18.3. The van der Waals surface area contributed by atoms with Gasteiger partial charge >= 0.3 is 0 Å². The van der Waals surface area contributed by atoms with Crippen LogP contribution in [0.4, 0.5) is 5.69 Å². The quantitative estimate of drug-likeness (QED) is 0.397. The number of hydrogen-bond acceptors (Lipinski definition) is 4. The molecule has 1 aliphatic heterocycles. The van der Waals surface area contributed by atoms with E-state index >= 15 is 0 Å². The number of benzene rings is 3. The fourth-order valence-corrected chi connectivity index (χ4v) is 4.57. The second-order valence-electron chi connectivity index (χ2n) is 7.36. The maximum atomic E-state index is 13.4. The number of methoxy groups -OCH3 is 1. The number of carbonyl (C=O) groups excluding carboxylic acids is 1. The second kappa shape index (κ2) is 8.77. The van der Waals surface area contributed by atoms with Crippen molar-refractivity contribution < 1.29 is 9.53 Å². The molecular formula is C26H21N3O2S. The van der Waals surface area contributed by atoms with E-state index in [1.165, 1.54) is 11.8 Å². The van der Waals surface area contributed by atoms with Gasteiger partial charge in [-0.3, -0.25) is 14.7 Å². The minimum atomic E-state index is -0.0659. The first-order valence-electron chi connectivity index (χ1n) is 10.2. The van der Waals surface area contributed by atoms with Crippen molar-refractivity contribution in [1.82, 2.24) is 4.98 Å². The third-order valence-corrected chi connectivity index (χ3v) is 6.26. The van der Waals surface area contributed by atoms with Crippen molar-refractivity contribution in [3.63, 3.8) is 0 Å². The van der Waals surface area contributed by atoms with Crippen LogP contribution < -0.4 is 9.64 Å². The average molecular weight is 440 g/mol. The summed E-state index contributed by atoms with van der Waals surface area (Å²) in [5.74, 6) is 0.742. The summed E-state index contributed by atoms with van der Waals surface area (Å²) >= 11 is 1.41. The number of H-pyrrole nitrogens is 1. The van der Waals surface area contributed by atoms with E-state index in [2.05, 4.69) is 11.1 Å². The first-order chi connectivity index (χ1) is 15.7. The maximum Gasteiger partial charge on any atom is 0.271 e. The number of aromatic nitrogens is 1. The Morgan fingerprint density at radius 1 is 1.03 bits per heavy atom. The molecule has 2 heterocycles. The number of para-hydroxylation sites is 1. The number of thioether (sulfide) groups is 1. The molecule has 0 aliphatic carbocycles. The van der Waals surface area contributed by atoms with Crippen molar-refractivity contribution in [3.8, 4) is 5.75 Å². The molecule has 1 saturated heterocycles. The maximum absolute atomic E-state index is 13.4. The van der Waals surface area contributed by atoms with Gasteiger partial charge < -0.3 is 9.72 Å². The number of fused-ring (bicyclic) bond motifs is 1. The van der Waals surface area contributed by atoms with Crippen LogP contribution in [0.1, 0.15) is 11.1 Å². The molecule has 1 N–H and O–H groups in total. The number of ether oxygens (including phenoxy) is 1. The van der Waals surface area contributed by atoms with Gasteiger partial charge in [0.05, 0.1) is 24.2 Å². The van der Waals surface area contributed by atoms with E-state index in [4.69, 9.17) is 9.73 Å². The highest BCUT2D eigenvalue weighted by atomic mass is 32.2. The van der Waals surface area contributed by atoms with E-state index < -0.39 is 0 Å². The van der Waals surface area contributed by atoms with Gasteiger partial charge in [-0.25, -0.2) is 0 Å². The number of carbonyl (C=O) groups is 1. The average Bonchev–Trinajstić information content (AvgIpc) is 3.42. The molecule has 0 bridgehead atoms. The number of nitrogens with zero attached hydrogens (tertiary/aromatic N) is 2. The van der Waals surface area contributed by atoms with Crippen LogP contribution in [-0.4, -0.2) is 23.2 Å². The topological polar surface area (TPSA) is 57.7 Å². The highest BCUT2D eigenvalue weighted by Gasteiger charge is 2.34. The van der Waals surface area contributed by atoms with Crippen LogP contribution in [0.25, 0.3) is 17.0 Å². The van der Waals surface area contributed by atoms with E-state index in [0.29, 0.717) is 16.6 Å². The Labute approximate surface area is 190 Å². The highest BCUT2D eigenvalue weighted by Crippen LogP contribution is 2.36. The molecule has 5 rings (SSSR count). The largest absolute Gasteiger partial charge is 0.497 e. The van der Waals surface area contributed by atoms with Gasteiger partial charge in [0.25, 0.3) is 5.91 Å². The summed E-state index contributed by atoms with van der Waals surface area (Å²) in [5, 5.41) is 1.79. The Hall–Kier alpha value is -3.77. The molecule has 158 valence electrons. The predicted molar refractivity (Wildman–Crippen MR) is 132 cm³/mol. The van der Waals surface area contributed by atoms with Gasteiger partial charge in [0.1, 0.15) is 5.75 Å². The minimum Gasteiger partial charge on any atom is -0.497 e. The van der Waals surface area contributed by atoms with Crippen molar-refractivity contribution in [2.75, 3.05) is 12.0 Å². The zero-order valence-electron chi connectivity index (χ0n) is 17.5. The van der Waals surface area contributed by atoms with Gasteiger partial charge in [-0.05, 0) is 76.8 Å². The van der Waals surface area contributed by atoms with Crippen LogP contribution in [0.5, 0.6) is 5.75 Å². The third-order valence-electron chi connectivity index (χ3n) is 5.25. The fraction of sp³-hybridized carbons (Fsp3) is 0.0769. The van der Waals surface area contributed by atoms with E-state index in [1.54, 1.807) is 12.0 Å². The highest BCUT2D eigenvalue weighted by molar-refractivity contribution is 8.19. The third kappa shape index (κ3) is 4.05. The van der Waals surface area contributed by atoms with E-state index in [-0.39, 0.29) is 5.91 Å². The first kappa shape index (κ1) is 20.2. The summed E-state index contributed by atoms with van der Waals surface area (Å²) in [5.41, 5.74) is 3.92. The van der Waals surface area contributed by atoms with Crippen LogP contribution >= 0.6 is 11.8 Å². The number of aromatic amines is 1.